The van der Waals surface area contributed by atoms with Crippen molar-refractivity contribution >= 4 is 21.7 Å². The van der Waals surface area contributed by atoms with Crippen LogP contribution < -0.4 is 4.74 Å². The van der Waals surface area contributed by atoms with Crippen LogP contribution in [-0.4, -0.2) is 31.5 Å². The average Bonchev–Trinajstić information content (AvgIpc) is 3.08. The van der Waals surface area contributed by atoms with Gasteiger partial charge in [-0.3, -0.25) is 4.68 Å². The van der Waals surface area contributed by atoms with Gasteiger partial charge in [0.25, 0.3) is 0 Å². The van der Waals surface area contributed by atoms with Crippen LogP contribution in [0.5, 0.6) is 11.8 Å². The second kappa shape index (κ2) is 6.63. The number of unbranched alkanes of at least 4 members (excludes halogenated alkanes) is 1. The summed E-state index contributed by atoms with van der Waals surface area (Å²) in [4.78, 5) is 8.72. The van der Waals surface area contributed by atoms with Gasteiger partial charge in [0, 0.05) is 35.8 Å². The first kappa shape index (κ1) is 16.3. The van der Waals surface area contributed by atoms with Gasteiger partial charge in [0.05, 0.1) is 23.7 Å². The van der Waals surface area contributed by atoms with Crippen LogP contribution in [0.4, 0.5) is 0 Å². The van der Waals surface area contributed by atoms with E-state index in [9.17, 15) is 5.11 Å². The number of aromatic hydroxyl groups is 1. The molecule has 6 nitrogen and oxygen atoms in total. The van der Waals surface area contributed by atoms with E-state index < -0.39 is 0 Å². The van der Waals surface area contributed by atoms with E-state index in [2.05, 4.69) is 22.0 Å². The number of hydrogen-bond donors (Lipinski definition) is 1. The highest BCUT2D eigenvalue weighted by molar-refractivity contribution is 6.11. The predicted molar refractivity (Wildman–Crippen MR) is 101 cm³/mol. The third kappa shape index (κ3) is 2.83. The second-order valence-corrected chi connectivity index (χ2v) is 6.31. The average molecular weight is 348 g/mol. The van der Waals surface area contributed by atoms with Crippen LogP contribution in [0, 0.1) is 0 Å². The number of benzene rings is 1. The lowest BCUT2D eigenvalue weighted by molar-refractivity contribution is 0.302. The Morgan fingerprint density at radius 1 is 1.15 bits per heavy atom. The molecule has 3 heterocycles. The van der Waals surface area contributed by atoms with Gasteiger partial charge < -0.3 is 9.84 Å². The largest absolute Gasteiger partial charge is 0.493 e. The minimum absolute atomic E-state index is 0.0101. The molecule has 0 saturated carbocycles. The highest BCUT2D eigenvalue weighted by Crippen LogP contribution is 2.36. The predicted octanol–water partition coefficient (Wildman–Crippen LogP) is 4.07. The van der Waals surface area contributed by atoms with Crippen LogP contribution in [0.2, 0.25) is 0 Å². The highest BCUT2D eigenvalue weighted by atomic mass is 16.5. The van der Waals surface area contributed by atoms with Crippen LogP contribution in [0.25, 0.3) is 32.8 Å². The molecular formula is C20H20N4O2. The normalized spacial score (nSPS) is 11.3. The fourth-order valence-corrected chi connectivity index (χ4v) is 3.07. The van der Waals surface area contributed by atoms with Gasteiger partial charge in [-0.1, -0.05) is 19.4 Å². The van der Waals surface area contributed by atoms with Crippen LogP contribution in [0.3, 0.4) is 0 Å². The molecule has 1 aromatic carbocycles. The van der Waals surface area contributed by atoms with E-state index in [1.165, 1.54) is 0 Å². The summed E-state index contributed by atoms with van der Waals surface area (Å²) in [5, 5.41) is 17.0. The van der Waals surface area contributed by atoms with E-state index in [-0.39, 0.29) is 5.88 Å². The molecule has 0 bridgehead atoms. The Labute approximate surface area is 151 Å². The number of rotatable bonds is 5. The standard InChI is InChI=1S/C20H20N4O2/c1-3-4-9-26-20-18-16-10-13(14-11-22-24(2)12-14)5-6-15(16)19(25)23-17(18)7-8-21-20/h5-8,10-12H,3-4,9H2,1-2H3,(H,23,25). The van der Waals surface area contributed by atoms with Crippen molar-refractivity contribution in [1.29, 1.82) is 0 Å². The summed E-state index contributed by atoms with van der Waals surface area (Å²) in [6.45, 7) is 2.72. The first-order valence-corrected chi connectivity index (χ1v) is 8.70. The highest BCUT2D eigenvalue weighted by Gasteiger charge is 2.14. The van der Waals surface area contributed by atoms with E-state index in [0.29, 0.717) is 23.4 Å². The minimum Gasteiger partial charge on any atom is -0.493 e. The van der Waals surface area contributed by atoms with Crippen LogP contribution in [-0.2, 0) is 7.05 Å². The summed E-state index contributed by atoms with van der Waals surface area (Å²) in [6, 6.07) is 7.66. The van der Waals surface area contributed by atoms with Gasteiger partial charge in [-0.2, -0.15) is 5.10 Å². The van der Waals surface area contributed by atoms with Crippen molar-refractivity contribution < 1.29 is 9.84 Å². The lowest BCUT2D eigenvalue weighted by Crippen LogP contribution is -2.00. The van der Waals surface area contributed by atoms with E-state index >= 15 is 0 Å². The van der Waals surface area contributed by atoms with E-state index in [1.807, 2.05) is 37.6 Å². The third-order valence-corrected chi connectivity index (χ3v) is 4.43. The zero-order chi connectivity index (χ0) is 18.1. The lowest BCUT2D eigenvalue weighted by atomic mass is 10.0. The maximum atomic E-state index is 10.4. The number of ether oxygens (including phenoxy) is 1. The molecule has 6 heteroatoms. The van der Waals surface area contributed by atoms with Crippen LogP contribution in [0.1, 0.15) is 19.8 Å². The molecular weight excluding hydrogens is 328 g/mol. The van der Waals surface area contributed by atoms with Gasteiger partial charge in [0.1, 0.15) is 0 Å². The number of fused-ring (bicyclic) bond motifs is 3. The van der Waals surface area contributed by atoms with Crippen molar-refractivity contribution in [3.05, 3.63) is 42.9 Å². The first-order valence-electron chi connectivity index (χ1n) is 8.70. The Morgan fingerprint density at radius 2 is 2.04 bits per heavy atom. The van der Waals surface area contributed by atoms with Crippen molar-refractivity contribution in [2.75, 3.05) is 6.61 Å². The summed E-state index contributed by atoms with van der Waals surface area (Å²) in [7, 11) is 1.89. The van der Waals surface area contributed by atoms with E-state index in [1.54, 1.807) is 16.9 Å². The van der Waals surface area contributed by atoms with Crippen molar-refractivity contribution in [1.82, 2.24) is 19.7 Å². The Balaban J connectivity index is 1.95. The molecule has 0 aliphatic carbocycles. The molecule has 0 radical (unpaired) electrons. The maximum absolute atomic E-state index is 10.4. The Morgan fingerprint density at radius 3 is 2.81 bits per heavy atom. The molecule has 0 aliphatic heterocycles. The quantitative estimate of drug-likeness (QED) is 0.435. The molecule has 4 rings (SSSR count). The van der Waals surface area contributed by atoms with Crippen LogP contribution in [0.15, 0.2) is 42.9 Å². The SMILES string of the molecule is CCCCOc1nccc2nc(O)c3ccc(-c4cnn(C)c4)cc3c12. The lowest BCUT2D eigenvalue weighted by Gasteiger charge is -2.11. The molecule has 0 unspecified atom stereocenters. The van der Waals surface area contributed by atoms with Gasteiger partial charge in [0.15, 0.2) is 0 Å². The summed E-state index contributed by atoms with van der Waals surface area (Å²) in [6.07, 6.45) is 7.45. The van der Waals surface area contributed by atoms with Gasteiger partial charge >= 0.3 is 0 Å². The number of nitrogens with zero attached hydrogens (tertiary/aromatic N) is 4. The fourth-order valence-electron chi connectivity index (χ4n) is 3.07. The zero-order valence-electron chi connectivity index (χ0n) is 14.8. The van der Waals surface area contributed by atoms with Crippen molar-refractivity contribution in [3.63, 3.8) is 0 Å². The van der Waals surface area contributed by atoms with Gasteiger partial charge in [0.2, 0.25) is 11.8 Å². The van der Waals surface area contributed by atoms with Crippen LogP contribution >= 0.6 is 0 Å². The van der Waals surface area contributed by atoms with Crippen molar-refractivity contribution in [2.24, 2.45) is 7.05 Å². The Hall–Kier alpha value is -3.15. The molecule has 0 spiro atoms. The van der Waals surface area contributed by atoms with Gasteiger partial charge in [-0.05, 0) is 30.2 Å². The summed E-state index contributed by atoms with van der Waals surface area (Å²) >= 11 is 0. The molecule has 132 valence electrons. The summed E-state index contributed by atoms with van der Waals surface area (Å²) < 4.78 is 7.67. The smallest absolute Gasteiger partial charge is 0.223 e. The fraction of sp³-hybridized carbons (Fsp3) is 0.250. The molecule has 0 aliphatic rings. The molecule has 4 aromatic rings. The molecule has 1 N–H and O–H groups in total. The molecule has 0 saturated heterocycles. The number of aryl methyl sites for hydroxylation is 1. The van der Waals surface area contributed by atoms with E-state index in [0.717, 1.165) is 34.7 Å². The summed E-state index contributed by atoms with van der Waals surface area (Å²) in [5.41, 5.74) is 2.69. The molecule has 0 atom stereocenters. The van der Waals surface area contributed by atoms with E-state index in [4.69, 9.17) is 4.74 Å². The van der Waals surface area contributed by atoms with Gasteiger partial charge in [-0.15, -0.1) is 0 Å². The monoisotopic (exact) mass is 348 g/mol. The molecule has 26 heavy (non-hydrogen) atoms. The molecule has 0 amide bonds. The first-order chi connectivity index (χ1) is 12.7. The molecule has 3 aromatic heterocycles. The number of aromatic nitrogens is 4. The summed E-state index contributed by atoms with van der Waals surface area (Å²) in [5.74, 6) is 0.563. The van der Waals surface area contributed by atoms with Crippen molar-refractivity contribution in [2.45, 2.75) is 19.8 Å². The minimum atomic E-state index is 0.0101. The van der Waals surface area contributed by atoms with Gasteiger partial charge in [-0.25, -0.2) is 9.97 Å². The second-order valence-electron chi connectivity index (χ2n) is 6.31. The Kier molecular flexibility index (Phi) is 4.16. The van der Waals surface area contributed by atoms with Crippen molar-refractivity contribution in [3.8, 4) is 22.9 Å². The maximum Gasteiger partial charge on any atom is 0.223 e. The number of hydrogen-bond acceptors (Lipinski definition) is 5. The Bertz CT molecular complexity index is 1090. The zero-order valence-corrected chi connectivity index (χ0v) is 14.8. The molecule has 0 fully saturated rings. The topological polar surface area (TPSA) is 73.1 Å². The number of pyridine rings is 2. The third-order valence-electron chi connectivity index (χ3n) is 4.43.